The van der Waals surface area contributed by atoms with Gasteiger partial charge in [-0.1, -0.05) is 6.07 Å². The number of nitrogens with two attached hydrogens (primary N) is 1. The summed E-state index contributed by atoms with van der Waals surface area (Å²) in [6.07, 6.45) is 0. The Labute approximate surface area is 101 Å². The van der Waals surface area contributed by atoms with Crippen molar-refractivity contribution in [2.45, 2.75) is 6.61 Å². The van der Waals surface area contributed by atoms with Crippen LogP contribution in [0.5, 0.6) is 5.75 Å². The molecule has 0 aliphatic heterocycles. The average molecular weight is 284 g/mol. The van der Waals surface area contributed by atoms with Crippen molar-refractivity contribution in [3.8, 4) is 5.75 Å². The lowest BCUT2D eigenvalue weighted by Gasteiger charge is -2.07. The minimum absolute atomic E-state index is 0.583. The van der Waals surface area contributed by atoms with Crippen LogP contribution in [0.3, 0.4) is 0 Å². The lowest BCUT2D eigenvalue weighted by atomic mass is 10.3. The SMILES string of the molecule is Nc1ccc(Br)c(OCc2cccs2)c1. The molecular weight excluding hydrogens is 274 g/mol. The maximum atomic E-state index is 5.68. The molecule has 0 amide bonds. The topological polar surface area (TPSA) is 35.2 Å². The Morgan fingerprint density at radius 3 is 2.93 bits per heavy atom. The van der Waals surface area contributed by atoms with Gasteiger partial charge < -0.3 is 10.5 Å². The molecular formula is C11H10BrNOS. The first kappa shape index (κ1) is 10.5. The highest BCUT2D eigenvalue weighted by Gasteiger charge is 2.02. The van der Waals surface area contributed by atoms with Crippen molar-refractivity contribution in [3.05, 3.63) is 45.1 Å². The minimum atomic E-state index is 0.583. The molecule has 0 aliphatic carbocycles. The Kier molecular flexibility index (Phi) is 3.28. The predicted molar refractivity (Wildman–Crippen MR) is 67.2 cm³/mol. The van der Waals surface area contributed by atoms with Crippen LogP contribution in [-0.4, -0.2) is 0 Å². The number of thiophene rings is 1. The van der Waals surface area contributed by atoms with E-state index in [9.17, 15) is 0 Å². The van der Waals surface area contributed by atoms with E-state index in [0.29, 0.717) is 12.3 Å². The van der Waals surface area contributed by atoms with Gasteiger partial charge in [0.1, 0.15) is 12.4 Å². The summed E-state index contributed by atoms with van der Waals surface area (Å²) in [5.41, 5.74) is 6.39. The Morgan fingerprint density at radius 1 is 1.33 bits per heavy atom. The third-order valence-corrected chi connectivity index (χ3v) is 3.41. The van der Waals surface area contributed by atoms with E-state index in [2.05, 4.69) is 15.9 Å². The van der Waals surface area contributed by atoms with Gasteiger partial charge in [0, 0.05) is 16.6 Å². The largest absolute Gasteiger partial charge is 0.487 e. The summed E-state index contributed by atoms with van der Waals surface area (Å²) < 4.78 is 6.57. The fraction of sp³-hybridized carbons (Fsp3) is 0.0909. The van der Waals surface area contributed by atoms with Gasteiger partial charge in [-0.05, 0) is 39.5 Å². The Morgan fingerprint density at radius 2 is 2.20 bits per heavy atom. The molecule has 2 nitrogen and oxygen atoms in total. The maximum absolute atomic E-state index is 5.68. The van der Waals surface area contributed by atoms with Crippen LogP contribution in [0.4, 0.5) is 5.69 Å². The molecule has 0 atom stereocenters. The summed E-state index contributed by atoms with van der Waals surface area (Å²) in [6, 6.07) is 9.60. The van der Waals surface area contributed by atoms with E-state index in [1.807, 2.05) is 35.7 Å². The fourth-order valence-corrected chi connectivity index (χ4v) is 2.15. The first-order chi connectivity index (χ1) is 7.25. The molecule has 1 aromatic carbocycles. The molecule has 0 bridgehead atoms. The van der Waals surface area contributed by atoms with E-state index < -0.39 is 0 Å². The van der Waals surface area contributed by atoms with Crippen LogP contribution in [0.1, 0.15) is 4.88 Å². The first-order valence-electron chi connectivity index (χ1n) is 4.46. The summed E-state index contributed by atoms with van der Waals surface area (Å²) in [4.78, 5) is 1.20. The van der Waals surface area contributed by atoms with E-state index in [1.54, 1.807) is 11.3 Å². The molecule has 0 saturated carbocycles. The van der Waals surface area contributed by atoms with E-state index >= 15 is 0 Å². The van der Waals surface area contributed by atoms with Crippen LogP contribution in [0, 0.1) is 0 Å². The van der Waals surface area contributed by atoms with Gasteiger partial charge in [-0.15, -0.1) is 11.3 Å². The number of benzene rings is 1. The second-order valence-electron chi connectivity index (χ2n) is 3.06. The maximum Gasteiger partial charge on any atom is 0.136 e. The molecule has 1 aromatic heterocycles. The highest BCUT2D eigenvalue weighted by atomic mass is 79.9. The molecule has 0 fully saturated rings. The summed E-state index contributed by atoms with van der Waals surface area (Å²) in [5, 5.41) is 2.03. The molecule has 0 unspecified atom stereocenters. The zero-order chi connectivity index (χ0) is 10.7. The highest BCUT2D eigenvalue weighted by Crippen LogP contribution is 2.28. The standard InChI is InChI=1S/C11H10BrNOS/c12-10-4-3-8(13)6-11(10)14-7-9-2-1-5-15-9/h1-6H,7,13H2. The highest BCUT2D eigenvalue weighted by molar-refractivity contribution is 9.10. The molecule has 78 valence electrons. The number of nitrogen functional groups attached to an aromatic ring is 1. The van der Waals surface area contributed by atoms with E-state index in [0.717, 1.165) is 10.2 Å². The van der Waals surface area contributed by atoms with Crippen LogP contribution >= 0.6 is 27.3 Å². The third kappa shape index (κ3) is 2.73. The second-order valence-corrected chi connectivity index (χ2v) is 4.94. The molecule has 2 rings (SSSR count). The lowest BCUT2D eigenvalue weighted by Crippen LogP contribution is -1.95. The molecule has 0 saturated heterocycles. The molecule has 0 radical (unpaired) electrons. The van der Waals surface area contributed by atoms with Crippen molar-refractivity contribution in [2.24, 2.45) is 0 Å². The van der Waals surface area contributed by atoms with Crippen LogP contribution in [-0.2, 0) is 6.61 Å². The van der Waals surface area contributed by atoms with Gasteiger partial charge in [0.05, 0.1) is 4.47 Å². The molecule has 2 N–H and O–H groups in total. The molecule has 4 heteroatoms. The summed E-state index contributed by atoms with van der Waals surface area (Å²) in [5.74, 6) is 0.781. The number of halogens is 1. The number of hydrogen-bond donors (Lipinski definition) is 1. The number of hydrogen-bond acceptors (Lipinski definition) is 3. The molecule has 0 aliphatic rings. The molecule has 2 aromatic rings. The predicted octanol–water partition coefficient (Wildman–Crippen LogP) is 3.67. The quantitative estimate of drug-likeness (QED) is 0.873. The summed E-state index contributed by atoms with van der Waals surface area (Å²) >= 11 is 5.10. The van der Waals surface area contributed by atoms with Crippen molar-refractivity contribution in [2.75, 3.05) is 5.73 Å². The lowest BCUT2D eigenvalue weighted by molar-refractivity contribution is 0.308. The van der Waals surface area contributed by atoms with Gasteiger partial charge in [-0.2, -0.15) is 0 Å². The van der Waals surface area contributed by atoms with Gasteiger partial charge in [-0.25, -0.2) is 0 Å². The molecule has 1 heterocycles. The van der Waals surface area contributed by atoms with Gasteiger partial charge >= 0.3 is 0 Å². The smallest absolute Gasteiger partial charge is 0.136 e. The van der Waals surface area contributed by atoms with Crippen LogP contribution < -0.4 is 10.5 Å². The zero-order valence-electron chi connectivity index (χ0n) is 7.94. The fourth-order valence-electron chi connectivity index (χ4n) is 1.17. The molecule has 15 heavy (non-hydrogen) atoms. The van der Waals surface area contributed by atoms with Crippen molar-refractivity contribution >= 4 is 33.0 Å². The number of rotatable bonds is 3. The van der Waals surface area contributed by atoms with Crippen LogP contribution in [0.15, 0.2) is 40.2 Å². The number of anilines is 1. The van der Waals surface area contributed by atoms with Crippen LogP contribution in [0.2, 0.25) is 0 Å². The van der Waals surface area contributed by atoms with Crippen molar-refractivity contribution < 1.29 is 4.74 Å². The van der Waals surface area contributed by atoms with E-state index in [-0.39, 0.29) is 0 Å². The van der Waals surface area contributed by atoms with Crippen molar-refractivity contribution in [1.82, 2.24) is 0 Å². The normalized spacial score (nSPS) is 10.2. The van der Waals surface area contributed by atoms with Crippen LogP contribution in [0.25, 0.3) is 0 Å². The van der Waals surface area contributed by atoms with E-state index in [4.69, 9.17) is 10.5 Å². The summed E-state index contributed by atoms with van der Waals surface area (Å²) in [7, 11) is 0. The second kappa shape index (κ2) is 4.68. The first-order valence-corrected chi connectivity index (χ1v) is 6.13. The minimum Gasteiger partial charge on any atom is -0.487 e. The summed E-state index contributed by atoms with van der Waals surface area (Å²) in [6.45, 7) is 0.583. The third-order valence-electron chi connectivity index (χ3n) is 1.91. The van der Waals surface area contributed by atoms with Gasteiger partial charge in [0.2, 0.25) is 0 Å². The van der Waals surface area contributed by atoms with Crippen molar-refractivity contribution in [1.29, 1.82) is 0 Å². The Bertz CT molecular complexity index is 442. The average Bonchev–Trinajstić information content (AvgIpc) is 2.72. The number of ether oxygens (including phenoxy) is 1. The van der Waals surface area contributed by atoms with Crippen molar-refractivity contribution in [3.63, 3.8) is 0 Å². The van der Waals surface area contributed by atoms with Gasteiger partial charge in [0.25, 0.3) is 0 Å². The zero-order valence-corrected chi connectivity index (χ0v) is 10.3. The van der Waals surface area contributed by atoms with E-state index in [1.165, 1.54) is 4.88 Å². The monoisotopic (exact) mass is 283 g/mol. The molecule has 0 spiro atoms. The Hall–Kier alpha value is -1.00. The van der Waals surface area contributed by atoms with Gasteiger partial charge in [0.15, 0.2) is 0 Å². The van der Waals surface area contributed by atoms with Gasteiger partial charge in [-0.3, -0.25) is 0 Å². The Balaban J connectivity index is 2.07.